The molecule has 0 amide bonds. The number of fused-ring (bicyclic) bond motifs is 2. The molecule has 2 aromatic heterocycles. The molecule has 188 valence electrons. The largest absolute Gasteiger partial charge is 0.339 e. The third-order valence-electron chi connectivity index (χ3n) is 5.19. The minimum Gasteiger partial charge on any atom is -0.339 e. The molecule has 0 unspecified atom stereocenters. The van der Waals surface area contributed by atoms with Crippen LogP contribution in [0.2, 0.25) is 0 Å². The van der Waals surface area contributed by atoms with E-state index in [1.54, 1.807) is 6.07 Å². The van der Waals surface area contributed by atoms with Gasteiger partial charge in [-0.2, -0.15) is 0 Å². The third kappa shape index (κ3) is 4.67. The minimum absolute atomic E-state index is 0.0134. The van der Waals surface area contributed by atoms with E-state index in [2.05, 4.69) is 21.3 Å². The van der Waals surface area contributed by atoms with Gasteiger partial charge in [0.2, 0.25) is 15.5 Å². The minimum atomic E-state index is -4.30. The molecule has 0 radical (unpaired) electrons. The molecule has 1 aliphatic rings. The van der Waals surface area contributed by atoms with Crippen LogP contribution in [0, 0.1) is 0 Å². The smallest absolute Gasteiger partial charge is 0.280 e. The number of allylic oxidation sites excluding steroid dienone is 4. The van der Waals surface area contributed by atoms with Gasteiger partial charge in [0.1, 0.15) is 21.5 Å². The highest BCUT2D eigenvalue weighted by Crippen LogP contribution is 2.30. The summed E-state index contributed by atoms with van der Waals surface area (Å²) >= 11 is 0. The van der Waals surface area contributed by atoms with Gasteiger partial charge in [0.15, 0.2) is 0 Å². The Bertz CT molecular complexity index is 1850. The standard InChI is InChI=1S/C22H20FN5O6S2/c1-3-14(6-4-10-23)13-28-22(30)19(20(29)17-7-5-11-27(17)28)21-24-16-9-8-15(25-35(2,31)32)12-18(16)36(33,34)26-21/h3-12,24-26H,1,13H2,2H3/b10-4+,14-6+,21-19+. The average Bonchev–Trinajstić information content (AvgIpc) is 3.28. The summed E-state index contributed by atoms with van der Waals surface area (Å²) in [5.74, 6) is -0.355. The highest BCUT2D eigenvalue weighted by molar-refractivity contribution is 7.92. The predicted octanol–water partition coefficient (Wildman–Crippen LogP) is 0.617. The number of halogens is 1. The van der Waals surface area contributed by atoms with E-state index in [1.165, 1.54) is 45.7 Å². The Morgan fingerprint density at radius 3 is 2.67 bits per heavy atom. The van der Waals surface area contributed by atoms with E-state index in [0.717, 1.165) is 18.4 Å². The van der Waals surface area contributed by atoms with Gasteiger partial charge in [0.05, 0.1) is 24.8 Å². The Balaban J connectivity index is 1.96. The number of aromatic nitrogens is 2. The van der Waals surface area contributed by atoms with Gasteiger partial charge in [-0.3, -0.25) is 23.5 Å². The normalized spacial score (nSPS) is 16.9. The lowest BCUT2D eigenvalue weighted by atomic mass is 10.2. The molecule has 0 fully saturated rings. The van der Waals surface area contributed by atoms with Gasteiger partial charge in [0.25, 0.3) is 15.6 Å². The molecule has 3 N–H and O–H groups in total. The second-order valence-electron chi connectivity index (χ2n) is 7.76. The lowest BCUT2D eigenvalue weighted by Crippen LogP contribution is -2.52. The summed E-state index contributed by atoms with van der Waals surface area (Å²) in [7, 11) is -7.96. The van der Waals surface area contributed by atoms with Crippen LogP contribution in [0.3, 0.4) is 0 Å². The Morgan fingerprint density at radius 1 is 1.25 bits per heavy atom. The van der Waals surface area contributed by atoms with Crippen LogP contribution in [0.15, 0.2) is 87.7 Å². The topological polar surface area (TPSA) is 148 Å². The van der Waals surface area contributed by atoms with Crippen LogP contribution in [-0.4, -0.2) is 32.3 Å². The lowest BCUT2D eigenvalue weighted by molar-refractivity contribution is 0.587. The van der Waals surface area contributed by atoms with Crippen LogP contribution in [0.25, 0.3) is 11.3 Å². The van der Waals surface area contributed by atoms with Crippen LogP contribution < -0.4 is 31.0 Å². The number of anilines is 2. The van der Waals surface area contributed by atoms with Crippen LogP contribution in [-0.2, 0) is 26.6 Å². The second-order valence-corrected chi connectivity index (χ2v) is 11.2. The van der Waals surface area contributed by atoms with Crippen molar-refractivity contribution in [2.75, 3.05) is 16.3 Å². The summed E-state index contributed by atoms with van der Waals surface area (Å²) in [5, 5.41) is 2.30. The summed E-state index contributed by atoms with van der Waals surface area (Å²) in [4.78, 5) is 26.4. The van der Waals surface area contributed by atoms with Crippen LogP contribution in [0.1, 0.15) is 0 Å². The predicted molar refractivity (Wildman–Crippen MR) is 134 cm³/mol. The zero-order valence-electron chi connectivity index (χ0n) is 18.7. The van der Waals surface area contributed by atoms with Gasteiger partial charge in [-0.15, -0.1) is 0 Å². The van der Waals surface area contributed by atoms with Gasteiger partial charge in [0, 0.05) is 11.9 Å². The van der Waals surface area contributed by atoms with Crippen molar-refractivity contribution in [3.8, 4) is 0 Å². The summed E-state index contributed by atoms with van der Waals surface area (Å²) in [5.41, 5.74) is -0.949. The maximum atomic E-state index is 13.5. The molecule has 0 saturated heterocycles. The summed E-state index contributed by atoms with van der Waals surface area (Å²) in [6.45, 7) is 3.55. The molecule has 4 rings (SSSR count). The number of nitrogens with one attached hydrogen (secondary N) is 3. The molecule has 1 aromatic carbocycles. The first-order valence-corrected chi connectivity index (χ1v) is 13.6. The van der Waals surface area contributed by atoms with Crippen molar-refractivity contribution >= 4 is 42.8 Å². The van der Waals surface area contributed by atoms with Crippen molar-refractivity contribution < 1.29 is 21.2 Å². The molecular weight excluding hydrogens is 513 g/mol. The van der Waals surface area contributed by atoms with E-state index in [4.69, 9.17) is 0 Å². The van der Waals surface area contributed by atoms with Crippen molar-refractivity contribution in [2.24, 2.45) is 0 Å². The molecule has 3 heterocycles. The van der Waals surface area contributed by atoms with E-state index in [-0.39, 0.29) is 34.2 Å². The van der Waals surface area contributed by atoms with Gasteiger partial charge in [-0.05, 0) is 42.0 Å². The molecule has 3 aromatic rings. The molecule has 0 atom stereocenters. The molecule has 0 spiro atoms. The van der Waals surface area contributed by atoms with Gasteiger partial charge >= 0.3 is 0 Å². The third-order valence-corrected chi connectivity index (χ3v) is 7.19. The Kier molecular flexibility index (Phi) is 6.32. The molecule has 14 heteroatoms. The zero-order valence-corrected chi connectivity index (χ0v) is 20.4. The maximum absolute atomic E-state index is 13.5. The van der Waals surface area contributed by atoms with Crippen LogP contribution in [0.4, 0.5) is 15.8 Å². The molecule has 11 nitrogen and oxygen atoms in total. The number of hydrogen-bond acceptors (Lipinski definition) is 7. The van der Waals surface area contributed by atoms with Crippen molar-refractivity contribution in [2.45, 2.75) is 11.4 Å². The number of hydrogen-bond donors (Lipinski definition) is 3. The molecular formula is C22H20FN5O6S2. The van der Waals surface area contributed by atoms with Crippen LogP contribution >= 0.6 is 0 Å². The van der Waals surface area contributed by atoms with E-state index >= 15 is 0 Å². The molecule has 1 aliphatic heterocycles. The first kappa shape index (κ1) is 24.9. The van der Waals surface area contributed by atoms with Crippen molar-refractivity contribution in [3.05, 3.63) is 99.0 Å². The first-order chi connectivity index (χ1) is 16.9. The van der Waals surface area contributed by atoms with E-state index in [9.17, 15) is 30.8 Å². The summed E-state index contributed by atoms with van der Waals surface area (Å²) in [6.07, 6.45) is 6.65. The van der Waals surface area contributed by atoms with Crippen molar-refractivity contribution in [1.82, 2.24) is 13.9 Å². The quantitative estimate of drug-likeness (QED) is 0.394. The van der Waals surface area contributed by atoms with Gasteiger partial charge in [-0.25, -0.2) is 25.9 Å². The van der Waals surface area contributed by atoms with Gasteiger partial charge in [-0.1, -0.05) is 18.7 Å². The lowest BCUT2D eigenvalue weighted by Gasteiger charge is -2.23. The second kappa shape index (κ2) is 9.13. The number of nitrogens with zero attached hydrogens (tertiary/aromatic N) is 2. The number of rotatable bonds is 6. The Hall–Kier alpha value is -4.17. The summed E-state index contributed by atoms with van der Waals surface area (Å²) in [6, 6.07) is 6.76. The fourth-order valence-corrected chi connectivity index (χ4v) is 5.47. The number of sulfonamides is 2. The molecule has 0 bridgehead atoms. The monoisotopic (exact) mass is 533 g/mol. The van der Waals surface area contributed by atoms with E-state index in [0.29, 0.717) is 11.9 Å². The Labute approximate surface area is 204 Å². The average molecular weight is 534 g/mol. The van der Waals surface area contributed by atoms with Crippen LogP contribution in [0.5, 0.6) is 0 Å². The highest BCUT2D eigenvalue weighted by atomic mass is 32.2. The summed E-state index contributed by atoms with van der Waals surface area (Å²) < 4.78 is 68.4. The van der Waals surface area contributed by atoms with Crippen molar-refractivity contribution in [3.63, 3.8) is 0 Å². The fourth-order valence-electron chi connectivity index (χ4n) is 3.69. The highest BCUT2D eigenvalue weighted by Gasteiger charge is 2.28. The van der Waals surface area contributed by atoms with E-state index in [1.807, 2.05) is 0 Å². The Morgan fingerprint density at radius 2 is 2.00 bits per heavy atom. The van der Waals surface area contributed by atoms with Crippen molar-refractivity contribution in [1.29, 1.82) is 0 Å². The SMILES string of the molecule is C=C/C(=C\C=C\F)Cn1c(=O)/c(=C2\Nc3ccc(NS(C)(=O)=O)cc3S(=O)(=O)N2)c(=O)c2cccn21. The molecule has 36 heavy (non-hydrogen) atoms. The maximum Gasteiger partial charge on any atom is 0.280 e. The fraction of sp³-hybridized carbons (Fsp3) is 0.0909. The molecule has 0 aliphatic carbocycles. The zero-order chi connectivity index (χ0) is 26.3. The number of benzene rings is 1. The van der Waals surface area contributed by atoms with Gasteiger partial charge < -0.3 is 5.32 Å². The first-order valence-electron chi connectivity index (χ1n) is 10.2. The van der Waals surface area contributed by atoms with E-state index < -0.39 is 36.3 Å². The molecule has 0 saturated carbocycles.